The number of halogens is 3. The van der Waals surface area contributed by atoms with Crippen LogP contribution in [0.1, 0.15) is 18.4 Å². The van der Waals surface area contributed by atoms with Crippen molar-refractivity contribution in [3.63, 3.8) is 0 Å². The number of rotatable bonds is 7. The molecule has 0 saturated carbocycles. The minimum atomic E-state index is -4.50. The Morgan fingerprint density at radius 2 is 2.13 bits per heavy atom. The summed E-state index contributed by atoms with van der Waals surface area (Å²) in [6.45, 7) is 1.13. The molecule has 3 heterocycles. The first-order valence-electron chi connectivity index (χ1n) is 9.60. The molecule has 0 bridgehead atoms. The molecule has 3 aromatic rings. The molecule has 2 aromatic heterocycles. The van der Waals surface area contributed by atoms with E-state index in [1.54, 1.807) is 12.1 Å². The zero-order chi connectivity index (χ0) is 21.8. The lowest BCUT2D eigenvalue weighted by molar-refractivity contribution is -0.137. The number of hydrogen-bond acceptors (Lipinski definition) is 6. The summed E-state index contributed by atoms with van der Waals surface area (Å²) in [6.07, 6.45) is -1.15. The van der Waals surface area contributed by atoms with Crippen molar-refractivity contribution in [3.8, 4) is 17.3 Å². The molecule has 11 heteroatoms. The molecule has 1 N–H and O–H groups in total. The molecule has 164 valence electrons. The third kappa shape index (κ3) is 5.10. The second-order valence-corrected chi connectivity index (χ2v) is 7.84. The summed E-state index contributed by atoms with van der Waals surface area (Å²) in [5, 5.41) is 11.2. The Balaban J connectivity index is 1.56. The Morgan fingerprint density at radius 3 is 2.84 bits per heavy atom. The van der Waals surface area contributed by atoms with Crippen LogP contribution in [-0.4, -0.2) is 45.7 Å². The van der Waals surface area contributed by atoms with Gasteiger partial charge >= 0.3 is 6.18 Å². The molecule has 1 amide bonds. The number of ether oxygens (including phenoxy) is 1. The number of alkyl halides is 3. The number of thioether (sulfide) groups is 1. The van der Waals surface area contributed by atoms with Crippen LogP contribution < -0.4 is 5.32 Å². The number of carbonyl (C=O) groups excluding carboxylic acids is 1. The summed E-state index contributed by atoms with van der Waals surface area (Å²) < 4.78 is 52.0. The van der Waals surface area contributed by atoms with Crippen LogP contribution in [0, 0.1) is 0 Å². The number of nitrogens with zero attached hydrogens (tertiary/aromatic N) is 3. The molecule has 1 aliphatic heterocycles. The number of benzene rings is 1. The predicted octanol–water partition coefficient (Wildman–Crippen LogP) is 3.93. The van der Waals surface area contributed by atoms with E-state index < -0.39 is 11.7 Å². The summed E-state index contributed by atoms with van der Waals surface area (Å²) in [5.74, 6) is 0.395. The molecule has 0 aliphatic carbocycles. The average molecular weight is 452 g/mol. The smallest absolute Gasteiger partial charge is 0.416 e. The van der Waals surface area contributed by atoms with Crippen molar-refractivity contribution >= 4 is 17.7 Å². The molecule has 1 aromatic carbocycles. The van der Waals surface area contributed by atoms with Crippen LogP contribution in [0.15, 0.2) is 52.2 Å². The largest absolute Gasteiger partial charge is 0.461 e. The van der Waals surface area contributed by atoms with Crippen molar-refractivity contribution in [2.45, 2.75) is 30.3 Å². The van der Waals surface area contributed by atoms with E-state index in [-0.39, 0.29) is 34.4 Å². The monoisotopic (exact) mass is 452 g/mol. The fourth-order valence-electron chi connectivity index (χ4n) is 3.20. The van der Waals surface area contributed by atoms with Crippen molar-refractivity contribution in [3.05, 3.63) is 48.2 Å². The normalized spacial score (nSPS) is 16.5. The Morgan fingerprint density at radius 1 is 1.26 bits per heavy atom. The van der Waals surface area contributed by atoms with E-state index >= 15 is 0 Å². The first-order chi connectivity index (χ1) is 14.9. The van der Waals surface area contributed by atoms with Crippen molar-refractivity contribution in [2.24, 2.45) is 0 Å². The van der Waals surface area contributed by atoms with E-state index in [9.17, 15) is 18.0 Å². The van der Waals surface area contributed by atoms with Crippen LogP contribution in [0.25, 0.3) is 17.3 Å². The summed E-state index contributed by atoms with van der Waals surface area (Å²) in [5.41, 5.74) is -0.581. The Hall–Kier alpha value is -2.79. The van der Waals surface area contributed by atoms with Crippen molar-refractivity contribution in [1.29, 1.82) is 0 Å². The highest BCUT2D eigenvalue weighted by molar-refractivity contribution is 7.99. The van der Waals surface area contributed by atoms with E-state index in [0.29, 0.717) is 18.9 Å². The van der Waals surface area contributed by atoms with Crippen LogP contribution in [0.3, 0.4) is 0 Å². The fraction of sp³-hybridized carbons (Fsp3) is 0.350. The number of carbonyl (C=O) groups is 1. The van der Waals surface area contributed by atoms with Gasteiger partial charge in [0.05, 0.1) is 29.4 Å². The third-order valence-electron chi connectivity index (χ3n) is 4.69. The van der Waals surface area contributed by atoms with Crippen LogP contribution >= 0.6 is 11.8 Å². The van der Waals surface area contributed by atoms with Crippen LogP contribution in [0.4, 0.5) is 13.2 Å². The fourth-order valence-corrected chi connectivity index (χ4v) is 3.98. The maximum atomic E-state index is 13.2. The summed E-state index contributed by atoms with van der Waals surface area (Å²) in [6, 6.07) is 8.12. The zero-order valence-electron chi connectivity index (χ0n) is 16.3. The second-order valence-electron chi connectivity index (χ2n) is 6.89. The van der Waals surface area contributed by atoms with Gasteiger partial charge in [-0.2, -0.15) is 13.2 Å². The lowest BCUT2D eigenvalue weighted by Gasteiger charge is -2.13. The van der Waals surface area contributed by atoms with E-state index in [4.69, 9.17) is 9.15 Å². The van der Waals surface area contributed by atoms with Crippen LogP contribution in [0.5, 0.6) is 0 Å². The van der Waals surface area contributed by atoms with Gasteiger partial charge in [0.1, 0.15) is 0 Å². The summed E-state index contributed by atoms with van der Waals surface area (Å²) >= 11 is 1.08. The second kappa shape index (κ2) is 9.15. The Labute approximate surface area is 180 Å². The maximum absolute atomic E-state index is 13.2. The maximum Gasteiger partial charge on any atom is 0.416 e. The van der Waals surface area contributed by atoms with E-state index in [0.717, 1.165) is 36.7 Å². The molecule has 1 saturated heterocycles. The van der Waals surface area contributed by atoms with Crippen molar-refractivity contribution < 1.29 is 27.1 Å². The minimum Gasteiger partial charge on any atom is -0.461 e. The molecule has 1 atom stereocenters. The molecular formula is C20H19F3N4O3S. The van der Waals surface area contributed by atoms with Crippen LogP contribution in [0.2, 0.25) is 0 Å². The number of hydrogen-bond donors (Lipinski definition) is 1. The Bertz CT molecular complexity index is 1030. The third-order valence-corrected chi connectivity index (χ3v) is 5.62. The number of furan rings is 1. The molecule has 0 spiro atoms. The van der Waals surface area contributed by atoms with E-state index in [2.05, 4.69) is 15.5 Å². The molecule has 1 aliphatic rings. The number of nitrogens with one attached hydrogen (secondary N) is 1. The molecule has 4 rings (SSSR count). The van der Waals surface area contributed by atoms with Gasteiger partial charge in [-0.25, -0.2) is 0 Å². The van der Waals surface area contributed by atoms with Gasteiger partial charge in [-0.3, -0.25) is 9.36 Å². The van der Waals surface area contributed by atoms with E-state index in [1.807, 2.05) is 0 Å². The van der Waals surface area contributed by atoms with Crippen molar-refractivity contribution in [1.82, 2.24) is 20.1 Å². The van der Waals surface area contributed by atoms with Gasteiger partial charge in [0, 0.05) is 13.2 Å². The molecular weight excluding hydrogens is 433 g/mol. The number of aromatic nitrogens is 3. The average Bonchev–Trinajstić information content (AvgIpc) is 3.51. The summed E-state index contributed by atoms with van der Waals surface area (Å²) in [4.78, 5) is 12.2. The van der Waals surface area contributed by atoms with Gasteiger partial charge in [-0.15, -0.1) is 10.2 Å². The SMILES string of the molecule is O=C(CSc1nnc(-c2ccco2)n1-c1cccc(C(F)(F)F)c1)NC[C@H]1CCCO1. The quantitative estimate of drug-likeness (QED) is 0.547. The topological polar surface area (TPSA) is 82.2 Å². The molecule has 1 fully saturated rings. The lowest BCUT2D eigenvalue weighted by atomic mass is 10.2. The molecule has 0 radical (unpaired) electrons. The first-order valence-corrected chi connectivity index (χ1v) is 10.6. The highest BCUT2D eigenvalue weighted by atomic mass is 32.2. The van der Waals surface area contributed by atoms with E-state index in [1.165, 1.54) is 23.0 Å². The van der Waals surface area contributed by atoms with Gasteiger partial charge in [0.2, 0.25) is 11.7 Å². The van der Waals surface area contributed by atoms with Crippen LogP contribution in [-0.2, 0) is 15.7 Å². The molecule has 0 unspecified atom stereocenters. The standard InChI is InChI=1S/C20H19F3N4O3S/c21-20(22,23)13-4-1-5-14(10-13)27-18(16-7-3-9-30-16)25-26-19(27)31-12-17(28)24-11-15-6-2-8-29-15/h1,3-5,7,9-10,15H,2,6,8,11-12H2,(H,24,28)/t15-/m1/s1. The minimum absolute atomic E-state index is 0.0215. The predicted molar refractivity (Wildman–Crippen MR) is 107 cm³/mol. The van der Waals surface area contributed by atoms with Gasteiger partial charge in [-0.1, -0.05) is 17.8 Å². The molecule has 31 heavy (non-hydrogen) atoms. The summed E-state index contributed by atoms with van der Waals surface area (Å²) in [7, 11) is 0. The van der Waals surface area contributed by atoms with Gasteiger partial charge in [0.15, 0.2) is 10.9 Å². The Kier molecular flexibility index (Phi) is 6.33. The highest BCUT2D eigenvalue weighted by Crippen LogP contribution is 2.33. The molecule has 7 nitrogen and oxygen atoms in total. The lowest BCUT2D eigenvalue weighted by Crippen LogP contribution is -2.32. The first kappa shape index (κ1) is 21.4. The van der Waals surface area contributed by atoms with Crippen molar-refractivity contribution in [2.75, 3.05) is 18.9 Å². The van der Waals surface area contributed by atoms with Gasteiger partial charge in [0.25, 0.3) is 0 Å². The number of amides is 1. The zero-order valence-corrected chi connectivity index (χ0v) is 17.1. The van der Waals surface area contributed by atoms with Gasteiger partial charge < -0.3 is 14.5 Å². The van der Waals surface area contributed by atoms with Gasteiger partial charge in [-0.05, 0) is 43.2 Å². The highest BCUT2D eigenvalue weighted by Gasteiger charge is 2.31.